The highest BCUT2D eigenvalue weighted by Crippen LogP contribution is 2.21. The van der Waals surface area contributed by atoms with E-state index in [0.717, 1.165) is 19.4 Å². The van der Waals surface area contributed by atoms with Crippen LogP contribution in [-0.4, -0.2) is 48.0 Å². The third kappa shape index (κ3) is 4.32. The molecule has 1 heterocycles. The zero-order valence-corrected chi connectivity index (χ0v) is 11.6. The van der Waals surface area contributed by atoms with Crippen molar-refractivity contribution in [2.45, 2.75) is 32.7 Å². The highest BCUT2D eigenvalue weighted by atomic mass is 32.2. The normalized spacial score (nSPS) is 21.6. The van der Waals surface area contributed by atoms with Gasteiger partial charge in [0.05, 0.1) is 12.6 Å². The number of amides is 1. The van der Waals surface area contributed by atoms with Gasteiger partial charge in [0, 0.05) is 32.2 Å². The van der Waals surface area contributed by atoms with Gasteiger partial charge in [-0.25, -0.2) is 0 Å². The Morgan fingerprint density at radius 3 is 2.82 bits per heavy atom. The van der Waals surface area contributed by atoms with E-state index < -0.39 is 0 Å². The van der Waals surface area contributed by atoms with Gasteiger partial charge >= 0.3 is 0 Å². The topological polar surface area (TPSA) is 46.6 Å². The van der Waals surface area contributed by atoms with Gasteiger partial charge in [0.2, 0.25) is 5.91 Å². The van der Waals surface area contributed by atoms with Gasteiger partial charge < -0.3 is 9.64 Å². The molecule has 0 aliphatic carbocycles. The summed E-state index contributed by atoms with van der Waals surface area (Å²) in [5.74, 6) is 0.629. The summed E-state index contributed by atoms with van der Waals surface area (Å²) in [6.07, 6.45) is 2.07. The summed E-state index contributed by atoms with van der Waals surface area (Å²) in [5, 5.41) is 0.0690. The molecule has 0 N–H and O–H groups in total. The van der Waals surface area contributed by atoms with Crippen LogP contribution in [0, 0.1) is 5.92 Å². The van der Waals surface area contributed by atoms with E-state index in [-0.39, 0.29) is 23.0 Å². The average molecular weight is 259 g/mol. The quantitative estimate of drug-likeness (QED) is 0.751. The molecule has 1 fully saturated rings. The largest absolute Gasteiger partial charge is 0.383 e. The highest BCUT2D eigenvalue weighted by molar-refractivity contribution is 8.13. The van der Waals surface area contributed by atoms with Gasteiger partial charge in [-0.2, -0.15) is 0 Å². The van der Waals surface area contributed by atoms with Crippen molar-refractivity contribution in [2.24, 2.45) is 5.92 Å². The van der Waals surface area contributed by atoms with Crippen molar-refractivity contribution in [1.82, 2.24) is 4.90 Å². The molecule has 1 saturated heterocycles. The highest BCUT2D eigenvalue weighted by Gasteiger charge is 2.31. The van der Waals surface area contributed by atoms with Crippen LogP contribution in [0.1, 0.15) is 26.7 Å². The number of hydrogen-bond acceptors (Lipinski definition) is 4. The molecule has 5 heteroatoms. The Bertz CT molecular complexity index is 283. The van der Waals surface area contributed by atoms with E-state index in [1.165, 1.54) is 18.7 Å². The number of carbonyl (C=O) groups excluding carboxylic acids is 2. The summed E-state index contributed by atoms with van der Waals surface area (Å²) in [4.78, 5) is 25.0. The maximum Gasteiger partial charge on any atom is 0.226 e. The standard InChI is InChI=1S/C12H21NO3S/c1-9(8-17-10(2)14)12(15)13-6-4-5-11(13)7-16-3/h9,11H,4-8H2,1-3H3/t9-,11-/m0/s1. The van der Waals surface area contributed by atoms with Gasteiger partial charge in [0.15, 0.2) is 5.12 Å². The first-order chi connectivity index (χ1) is 8.06. The Balaban J connectivity index is 2.47. The van der Waals surface area contributed by atoms with Gasteiger partial charge in [-0.15, -0.1) is 0 Å². The molecule has 1 aliphatic rings. The number of methoxy groups -OCH3 is 1. The molecule has 0 aromatic heterocycles. The van der Waals surface area contributed by atoms with Crippen molar-refractivity contribution in [3.05, 3.63) is 0 Å². The zero-order chi connectivity index (χ0) is 12.8. The summed E-state index contributed by atoms with van der Waals surface area (Å²) in [5.41, 5.74) is 0. The molecule has 0 aromatic carbocycles. The third-order valence-electron chi connectivity index (χ3n) is 2.98. The lowest BCUT2D eigenvalue weighted by Crippen LogP contribution is -2.41. The molecule has 98 valence electrons. The monoisotopic (exact) mass is 259 g/mol. The Morgan fingerprint density at radius 1 is 1.53 bits per heavy atom. The van der Waals surface area contributed by atoms with Crippen molar-refractivity contribution < 1.29 is 14.3 Å². The summed E-state index contributed by atoms with van der Waals surface area (Å²) in [7, 11) is 1.66. The van der Waals surface area contributed by atoms with Crippen molar-refractivity contribution in [1.29, 1.82) is 0 Å². The second kappa shape index (κ2) is 7.01. The van der Waals surface area contributed by atoms with E-state index in [9.17, 15) is 9.59 Å². The maximum atomic E-state index is 12.2. The number of ether oxygens (including phenoxy) is 1. The van der Waals surface area contributed by atoms with Crippen molar-refractivity contribution in [2.75, 3.05) is 26.0 Å². The van der Waals surface area contributed by atoms with E-state index in [0.29, 0.717) is 12.4 Å². The molecule has 1 rings (SSSR count). The summed E-state index contributed by atoms with van der Waals surface area (Å²) < 4.78 is 5.13. The lowest BCUT2D eigenvalue weighted by molar-refractivity contribution is -0.136. The number of nitrogens with zero attached hydrogens (tertiary/aromatic N) is 1. The fraction of sp³-hybridized carbons (Fsp3) is 0.833. The molecule has 17 heavy (non-hydrogen) atoms. The zero-order valence-electron chi connectivity index (χ0n) is 10.8. The molecule has 0 unspecified atom stereocenters. The minimum Gasteiger partial charge on any atom is -0.383 e. The number of likely N-dealkylation sites (tertiary alicyclic amines) is 1. The number of carbonyl (C=O) groups is 2. The van der Waals surface area contributed by atoms with E-state index in [2.05, 4.69) is 0 Å². The van der Waals surface area contributed by atoms with E-state index in [1.54, 1.807) is 7.11 Å². The predicted molar refractivity (Wildman–Crippen MR) is 68.9 cm³/mol. The first kappa shape index (κ1) is 14.5. The van der Waals surface area contributed by atoms with Gasteiger partial charge in [-0.3, -0.25) is 9.59 Å². The van der Waals surface area contributed by atoms with Crippen LogP contribution in [0.2, 0.25) is 0 Å². The fourth-order valence-corrected chi connectivity index (χ4v) is 2.72. The third-order valence-corrected chi connectivity index (χ3v) is 4.05. The van der Waals surface area contributed by atoms with E-state index in [4.69, 9.17) is 4.74 Å². The lowest BCUT2D eigenvalue weighted by atomic mass is 10.1. The van der Waals surface area contributed by atoms with Crippen LogP contribution in [0.3, 0.4) is 0 Å². The summed E-state index contributed by atoms with van der Waals surface area (Å²) in [6, 6.07) is 0.220. The lowest BCUT2D eigenvalue weighted by Gasteiger charge is -2.26. The van der Waals surface area contributed by atoms with E-state index in [1.807, 2.05) is 11.8 Å². The second-order valence-corrected chi connectivity index (χ2v) is 5.68. The van der Waals surface area contributed by atoms with Gasteiger partial charge in [0.25, 0.3) is 0 Å². The van der Waals surface area contributed by atoms with Crippen molar-refractivity contribution in [3.63, 3.8) is 0 Å². The van der Waals surface area contributed by atoms with Crippen molar-refractivity contribution >= 4 is 22.8 Å². The van der Waals surface area contributed by atoms with Crippen LogP contribution in [0.25, 0.3) is 0 Å². The van der Waals surface area contributed by atoms with Crippen LogP contribution in [0.15, 0.2) is 0 Å². The maximum absolute atomic E-state index is 12.2. The Morgan fingerprint density at radius 2 is 2.24 bits per heavy atom. The van der Waals surface area contributed by atoms with Gasteiger partial charge in [0.1, 0.15) is 0 Å². The molecule has 0 spiro atoms. The molecule has 2 atom stereocenters. The van der Waals surface area contributed by atoms with Crippen LogP contribution in [0.5, 0.6) is 0 Å². The first-order valence-corrected chi connectivity index (χ1v) is 6.97. The molecule has 0 radical (unpaired) electrons. The van der Waals surface area contributed by atoms with Crippen LogP contribution < -0.4 is 0 Å². The summed E-state index contributed by atoms with van der Waals surface area (Å²) in [6.45, 7) is 4.85. The van der Waals surface area contributed by atoms with Crippen LogP contribution in [0.4, 0.5) is 0 Å². The number of thioether (sulfide) groups is 1. The first-order valence-electron chi connectivity index (χ1n) is 5.99. The molecule has 0 saturated carbocycles. The number of hydrogen-bond donors (Lipinski definition) is 0. The Kier molecular flexibility index (Phi) is 5.98. The van der Waals surface area contributed by atoms with Crippen molar-refractivity contribution in [3.8, 4) is 0 Å². The summed E-state index contributed by atoms with van der Waals surface area (Å²) >= 11 is 1.22. The smallest absolute Gasteiger partial charge is 0.226 e. The molecule has 4 nitrogen and oxygen atoms in total. The predicted octanol–water partition coefficient (Wildman–Crippen LogP) is 1.54. The van der Waals surface area contributed by atoms with Crippen LogP contribution in [-0.2, 0) is 14.3 Å². The average Bonchev–Trinajstić information content (AvgIpc) is 2.73. The molecular weight excluding hydrogens is 238 g/mol. The second-order valence-electron chi connectivity index (χ2n) is 4.49. The Labute approximate surface area is 107 Å². The molecule has 1 aliphatic heterocycles. The molecular formula is C12H21NO3S. The van der Waals surface area contributed by atoms with E-state index >= 15 is 0 Å². The van der Waals surface area contributed by atoms with Gasteiger partial charge in [-0.05, 0) is 12.8 Å². The fourth-order valence-electron chi connectivity index (χ4n) is 2.09. The number of rotatable bonds is 5. The molecule has 0 bridgehead atoms. The minimum atomic E-state index is -0.0960. The minimum absolute atomic E-state index is 0.0690. The SMILES string of the molecule is COC[C@@H]1CCCN1C(=O)[C@@H](C)CSC(C)=O. The Hall–Kier alpha value is -0.550. The molecule has 1 amide bonds. The van der Waals surface area contributed by atoms with Gasteiger partial charge in [-0.1, -0.05) is 18.7 Å². The van der Waals surface area contributed by atoms with Crippen LogP contribution >= 0.6 is 11.8 Å². The molecule has 0 aromatic rings.